The van der Waals surface area contributed by atoms with Crippen molar-refractivity contribution in [3.63, 3.8) is 0 Å². The number of carbonyl (C=O) groups excluding carboxylic acids is 1. The minimum Gasteiger partial charge on any atom is -0.373 e. The quantitative estimate of drug-likeness (QED) is 0.537. The molecule has 0 saturated heterocycles. The summed E-state index contributed by atoms with van der Waals surface area (Å²) in [6.07, 6.45) is 11.1. The van der Waals surface area contributed by atoms with E-state index >= 15 is 0 Å². The molecule has 2 nitrogen and oxygen atoms in total. The second kappa shape index (κ2) is 2.63. The van der Waals surface area contributed by atoms with Crippen LogP contribution in [-0.2, 0) is 4.79 Å². The van der Waals surface area contributed by atoms with E-state index in [4.69, 9.17) is 0 Å². The SMILES string of the molecule is CN1C=CC2C=CC(C=O)=CC21. The summed E-state index contributed by atoms with van der Waals surface area (Å²) in [4.78, 5) is 12.6. The molecule has 0 radical (unpaired) electrons. The normalized spacial score (nSPS) is 31.8. The van der Waals surface area contributed by atoms with Gasteiger partial charge in [-0.25, -0.2) is 0 Å². The molecule has 2 heteroatoms. The number of hydrogen-bond donors (Lipinski definition) is 0. The van der Waals surface area contributed by atoms with Crippen molar-refractivity contribution >= 4 is 6.29 Å². The van der Waals surface area contributed by atoms with Crippen LogP contribution in [0.4, 0.5) is 0 Å². The maximum absolute atomic E-state index is 10.5. The van der Waals surface area contributed by atoms with Crippen molar-refractivity contribution in [1.29, 1.82) is 0 Å². The minimum absolute atomic E-state index is 0.357. The third-order valence-electron chi connectivity index (χ3n) is 2.42. The van der Waals surface area contributed by atoms with Gasteiger partial charge >= 0.3 is 0 Å². The fourth-order valence-electron chi connectivity index (χ4n) is 1.68. The highest BCUT2D eigenvalue weighted by Gasteiger charge is 2.25. The summed E-state index contributed by atoms with van der Waals surface area (Å²) >= 11 is 0. The molecule has 2 aliphatic rings. The van der Waals surface area contributed by atoms with Crippen LogP contribution in [0.1, 0.15) is 0 Å². The predicted octanol–water partition coefficient (Wildman–Crippen LogP) is 1.13. The summed E-state index contributed by atoms with van der Waals surface area (Å²) < 4.78 is 0. The molecule has 0 amide bonds. The van der Waals surface area contributed by atoms with Gasteiger partial charge in [0, 0.05) is 18.5 Å². The van der Waals surface area contributed by atoms with Gasteiger partial charge in [0.1, 0.15) is 6.29 Å². The van der Waals surface area contributed by atoms with Crippen LogP contribution in [-0.4, -0.2) is 24.3 Å². The Morgan fingerprint density at radius 3 is 3.08 bits per heavy atom. The highest BCUT2D eigenvalue weighted by Crippen LogP contribution is 2.26. The molecular weight excluding hydrogens is 150 g/mol. The molecule has 2 rings (SSSR count). The lowest BCUT2D eigenvalue weighted by Crippen LogP contribution is -2.27. The van der Waals surface area contributed by atoms with Crippen molar-refractivity contribution in [2.24, 2.45) is 5.92 Å². The highest BCUT2D eigenvalue weighted by molar-refractivity contribution is 5.78. The molecule has 1 aliphatic heterocycles. The van der Waals surface area contributed by atoms with Gasteiger partial charge in [-0.05, 0) is 6.20 Å². The molecule has 0 bridgehead atoms. The zero-order valence-corrected chi connectivity index (χ0v) is 6.97. The molecule has 2 unspecified atom stereocenters. The van der Waals surface area contributed by atoms with Gasteiger partial charge in [-0.3, -0.25) is 4.79 Å². The van der Waals surface area contributed by atoms with E-state index in [0.717, 1.165) is 11.9 Å². The lowest BCUT2D eigenvalue weighted by molar-refractivity contribution is -0.104. The zero-order valence-electron chi connectivity index (χ0n) is 6.97. The first-order chi connectivity index (χ1) is 5.81. The van der Waals surface area contributed by atoms with Crippen molar-refractivity contribution in [3.8, 4) is 0 Å². The van der Waals surface area contributed by atoms with Crippen molar-refractivity contribution in [2.75, 3.05) is 7.05 Å². The van der Waals surface area contributed by atoms with Crippen LogP contribution in [0.15, 0.2) is 36.1 Å². The monoisotopic (exact) mass is 161 g/mol. The van der Waals surface area contributed by atoms with Crippen LogP contribution in [0.25, 0.3) is 0 Å². The fraction of sp³-hybridized carbons (Fsp3) is 0.300. The Balaban J connectivity index is 2.27. The first-order valence-corrected chi connectivity index (χ1v) is 4.07. The van der Waals surface area contributed by atoms with Crippen LogP contribution in [0.2, 0.25) is 0 Å². The number of allylic oxidation sites excluding steroid dienone is 2. The molecule has 1 aliphatic carbocycles. The van der Waals surface area contributed by atoms with E-state index in [2.05, 4.69) is 23.3 Å². The smallest absolute Gasteiger partial charge is 0.149 e. The molecule has 12 heavy (non-hydrogen) atoms. The Morgan fingerprint density at radius 2 is 2.33 bits per heavy atom. The van der Waals surface area contributed by atoms with Crippen molar-refractivity contribution < 1.29 is 4.79 Å². The predicted molar refractivity (Wildman–Crippen MR) is 47.5 cm³/mol. The summed E-state index contributed by atoms with van der Waals surface area (Å²) in [6.45, 7) is 0. The van der Waals surface area contributed by atoms with Gasteiger partial charge in [0.25, 0.3) is 0 Å². The Morgan fingerprint density at radius 1 is 1.50 bits per heavy atom. The van der Waals surface area contributed by atoms with Crippen LogP contribution in [0.3, 0.4) is 0 Å². The van der Waals surface area contributed by atoms with Gasteiger partial charge in [-0.1, -0.05) is 24.3 Å². The largest absolute Gasteiger partial charge is 0.373 e. The van der Waals surface area contributed by atoms with Gasteiger partial charge in [-0.2, -0.15) is 0 Å². The van der Waals surface area contributed by atoms with Gasteiger partial charge < -0.3 is 4.90 Å². The summed E-state index contributed by atoms with van der Waals surface area (Å²) in [5.74, 6) is 0.457. The van der Waals surface area contributed by atoms with Crippen LogP contribution < -0.4 is 0 Å². The van der Waals surface area contributed by atoms with Gasteiger partial charge in [0.2, 0.25) is 0 Å². The Labute approximate surface area is 71.9 Å². The average Bonchev–Trinajstić information content (AvgIpc) is 2.47. The molecule has 0 fully saturated rings. The second-order valence-corrected chi connectivity index (χ2v) is 3.22. The first-order valence-electron chi connectivity index (χ1n) is 4.07. The Kier molecular flexibility index (Phi) is 1.61. The number of rotatable bonds is 1. The molecule has 2 atom stereocenters. The van der Waals surface area contributed by atoms with Crippen molar-refractivity contribution in [1.82, 2.24) is 4.90 Å². The summed E-state index contributed by atoms with van der Waals surface area (Å²) in [7, 11) is 2.03. The highest BCUT2D eigenvalue weighted by atomic mass is 16.1. The van der Waals surface area contributed by atoms with E-state index in [1.807, 2.05) is 19.2 Å². The summed E-state index contributed by atoms with van der Waals surface area (Å²) in [6, 6.07) is 0.357. The molecule has 62 valence electrons. The van der Waals surface area contributed by atoms with Crippen LogP contribution in [0.5, 0.6) is 0 Å². The molecular formula is C10H11NO. The number of nitrogens with zero attached hydrogens (tertiary/aromatic N) is 1. The third-order valence-corrected chi connectivity index (χ3v) is 2.42. The summed E-state index contributed by atoms with van der Waals surface area (Å²) in [5, 5.41) is 0. The maximum Gasteiger partial charge on any atom is 0.149 e. The molecule has 0 aromatic carbocycles. The van der Waals surface area contributed by atoms with E-state index < -0.39 is 0 Å². The van der Waals surface area contributed by atoms with E-state index in [0.29, 0.717) is 12.0 Å². The molecule has 0 N–H and O–H groups in total. The zero-order chi connectivity index (χ0) is 8.55. The van der Waals surface area contributed by atoms with Gasteiger partial charge in [0.15, 0.2) is 0 Å². The summed E-state index contributed by atoms with van der Waals surface area (Å²) in [5.41, 5.74) is 0.784. The number of aldehydes is 1. The van der Waals surface area contributed by atoms with E-state index in [1.54, 1.807) is 0 Å². The van der Waals surface area contributed by atoms with Crippen LogP contribution >= 0.6 is 0 Å². The Bertz CT molecular complexity index is 288. The molecule has 0 saturated carbocycles. The third kappa shape index (κ3) is 0.998. The fourth-order valence-corrected chi connectivity index (χ4v) is 1.68. The molecule has 0 aromatic rings. The van der Waals surface area contributed by atoms with Crippen LogP contribution in [0, 0.1) is 5.92 Å². The maximum atomic E-state index is 10.5. The average molecular weight is 161 g/mol. The number of likely N-dealkylation sites (N-methyl/N-ethyl adjacent to an activating group) is 1. The van der Waals surface area contributed by atoms with Crippen molar-refractivity contribution in [2.45, 2.75) is 6.04 Å². The lowest BCUT2D eigenvalue weighted by atomic mass is 9.94. The van der Waals surface area contributed by atoms with E-state index in [9.17, 15) is 4.79 Å². The lowest BCUT2D eigenvalue weighted by Gasteiger charge is -2.24. The Hall–Kier alpha value is -1.31. The first kappa shape index (κ1) is 7.35. The van der Waals surface area contributed by atoms with Crippen molar-refractivity contribution in [3.05, 3.63) is 36.1 Å². The van der Waals surface area contributed by atoms with Gasteiger partial charge in [-0.15, -0.1) is 0 Å². The van der Waals surface area contributed by atoms with E-state index in [1.165, 1.54) is 0 Å². The number of hydrogen-bond acceptors (Lipinski definition) is 2. The van der Waals surface area contributed by atoms with Gasteiger partial charge in [0.05, 0.1) is 6.04 Å². The van der Waals surface area contributed by atoms with E-state index in [-0.39, 0.29) is 0 Å². The standard InChI is InChI=1S/C10H11NO/c1-11-5-4-9-3-2-8(7-12)6-10(9)11/h2-7,9-10H,1H3. The second-order valence-electron chi connectivity index (χ2n) is 3.22. The topological polar surface area (TPSA) is 20.3 Å². The number of fused-ring (bicyclic) bond motifs is 1. The molecule has 0 aromatic heterocycles. The number of carbonyl (C=O) groups is 1. The molecule has 1 heterocycles. The molecule has 0 spiro atoms. The minimum atomic E-state index is 0.357.